The van der Waals surface area contributed by atoms with Gasteiger partial charge in [-0.25, -0.2) is 4.98 Å². The zero-order chi connectivity index (χ0) is 13.9. The van der Waals surface area contributed by atoms with Gasteiger partial charge in [-0.2, -0.15) is 0 Å². The first-order valence-corrected chi connectivity index (χ1v) is 7.56. The zero-order valence-corrected chi connectivity index (χ0v) is 12.0. The Morgan fingerprint density at radius 1 is 1.30 bits per heavy atom. The van der Waals surface area contributed by atoms with Crippen LogP contribution < -0.4 is 4.90 Å². The summed E-state index contributed by atoms with van der Waals surface area (Å²) >= 11 is 0. The zero-order valence-electron chi connectivity index (χ0n) is 12.0. The van der Waals surface area contributed by atoms with Crippen molar-refractivity contribution in [3.05, 3.63) is 35.9 Å². The number of fused-ring (bicyclic) bond motifs is 1. The fourth-order valence-corrected chi connectivity index (χ4v) is 2.71. The summed E-state index contributed by atoms with van der Waals surface area (Å²) in [5, 5.41) is 10.8. The van der Waals surface area contributed by atoms with Gasteiger partial charge in [-0.3, -0.25) is 0 Å². The molecular formula is C17H22N2O. The summed E-state index contributed by atoms with van der Waals surface area (Å²) in [7, 11) is 0. The fraction of sp³-hybridized carbons (Fsp3) is 0.471. The predicted octanol–water partition coefficient (Wildman–Crippen LogP) is 3.35. The molecule has 1 aromatic carbocycles. The van der Waals surface area contributed by atoms with Gasteiger partial charge in [-0.05, 0) is 37.3 Å². The van der Waals surface area contributed by atoms with Crippen molar-refractivity contribution in [2.45, 2.75) is 32.8 Å². The lowest BCUT2D eigenvalue weighted by molar-refractivity contribution is 0.281. The van der Waals surface area contributed by atoms with Crippen molar-refractivity contribution in [2.24, 2.45) is 5.92 Å². The molecule has 106 valence electrons. The van der Waals surface area contributed by atoms with Gasteiger partial charge in [-0.15, -0.1) is 0 Å². The quantitative estimate of drug-likeness (QED) is 0.874. The molecular weight excluding hydrogens is 248 g/mol. The Kier molecular flexibility index (Phi) is 3.88. The van der Waals surface area contributed by atoms with Crippen molar-refractivity contribution in [3.8, 4) is 0 Å². The summed E-state index contributed by atoms with van der Waals surface area (Å²) in [5.41, 5.74) is 1.95. The van der Waals surface area contributed by atoms with Crippen molar-refractivity contribution in [2.75, 3.05) is 18.0 Å². The normalized spacial score (nSPS) is 14.7. The third kappa shape index (κ3) is 2.78. The van der Waals surface area contributed by atoms with Crippen molar-refractivity contribution >= 4 is 16.7 Å². The Bertz CT molecular complexity index is 593. The molecule has 0 saturated heterocycles. The number of aliphatic hydroxyl groups excluding tert-OH is 1. The van der Waals surface area contributed by atoms with Crippen molar-refractivity contribution in [3.63, 3.8) is 0 Å². The Balaban J connectivity index is 2.01. The Hall–Kier alpha value is -1.61. The van der Waals surface area contributed by atoms with Crippen LogP contribution in [0.4, 0.5) is 5.82 Å². The molecule has 0 atom stereocenters. The molecule has 1 heterocycles. The predicted molar refractivity (Wildman–Crippen MR) is 82.9 cm³/mol. The van der Waals surface area contributed by atoms with Gasteiger partial charge in [0, 0.05) is 24.0 Å². The van der Waals surface area contributed by atoms with E-state index in [-0.39, 0.29) is 6.61 Å². The van der Waals surface area contributed by atoms with E-state index >= 15 is 0 Å². The number of aromatic nitrogens is 1. The molecule has 3 rings (SSSR count). The highest BCUT2D eigenvalue weighted by Crippen LogP contribution is 2.32. The molecule has 1 N–H and O–H groups in total. The second kappa shape index (κ2) is 5.80. The van der Waals surface area contributed by atoms with Gasteiger partial charge in [0.25, 0.3) is 0 Å². The average molecular weight is 270 g/mol. The molecule has 3 nitrogen and oxygen atoms in total. The van der Waals surface area contributed by atoms with Crippen LogP contribution in [0.3, 0.4) is 0 Å². The molecule has 0 radical (unpaired) electrons. The third-order valence-corrected chi connectivity index (χ3v) is 3.92. The number of nitrogens with zero attached hydrogens (tertiary/aromatic N) is 2. The Morgan fingerprint density at radius 2 is 2.10 bits per heavy atom. The van der Waals surface area contributed by atoms with Crippen LogP contribution >= 0.6 is 0 Å². The van der Waals surface area contributed by atoms with Crippen LogP contribution in [0, 0.1) is 5.92 Å². The van der Waals surface area contributed by atoms with Crippen LogP contribution in [0.2, 0.25) is 0 Å². The number of aliphatic hydroxyl groups is 1. The van der Waals surface area contributed by atoms with Crippen LogP contribution in [0.1, 0.15) is 31.7 Å². The molecule has 1 saturated carbocycles. The number of hydrogen-bond acceptors (Lipinski definition) is 3. The van der Waals surface area contributed by atoms with Crippen LogP contribution in [0.5, 0.6) is 0 Å². The number of benzene rings is 1. The number of anilines is 1. The lowest BCUT2D eigenvalue weighted by Gasteiger charge is -2.25. The van der Waals surface area contributed by atoms with Gasteiger partial charge in [0.15, 0.2) is 0 Å². The van der Waals surface area contributed by atoms with Crippen LogP contribution in [0.15, 0.2) is 30.3 Å². The van der Waals surface area contributed by atoms with Crippen LogP contribution in [0.25, 0.3) is 10.9 Å². The molecule has 0 bridgehead atoms. The van der Waals surface area contributed by atoms with Crippen molar-refractivity contribution in [1.82, 2.24) is 4.98 Å². The highest BCUT2D eigenvalue weighted by atomic mass is 16.3. The van der Waals surface area contributed by atoms with Crippen LogP contribution in [-0.2, 0) is 6.61 Å². The summed E-state index contributed by atoms with van der Waals surface area (Å²) in [5.74, 6) is 1.79. The minimum atomic E-state index is 0.0536. The summed E-state index contributed by atoms with van der Waals surface area (Å²) < 4.78 is 0. The van der Waals surface area contributed by atoms with E-state index in [2.05, 4.69) is 24.0 Å². The fourth-order valence-electron chi connectivity index (χ4n) is 2.71. The Labute approximate surface area is 120 Å². The second-order valence-electron chi connectivity index (χ2n) is 5.71. The van der Waals surface area contributed by atoms with Gasteiger partial charge in [0.05, 0.1) is 12.1 Å². The maximum Gasteiger partial charge on any atom is 0.134 e. The first-order valence-electron chi connectivity index (χ1n) is 7.56. The van der Waals surface area contributed by atoms with Crippen molar-refractivity contribution in [1.29, 1.82) is 0 Å². The second-order valence-corrected chi connectivity index (χ2v) is 5.71. The number of rotatable bonds is 6. The minimum absolute atomic E-state index is 0.0536. The molecule has 0 aliphatic heterocycles. The van der Waals surface area contributed by atoms with E-state index in [0.29, 0.717) is 0 Å². The van der Waals surface area contributed by atoms with Crippen molar-refractivity contribution < 1.29 is 5.11 Å². The highest BCUT2D eigenvalue weighted by molar-refractivity contribution is 5.81. The van der Waals surface area contributed by atoms with Gasteiger partial charge in [0.2, 0.25) is 0 Å². The lowest BCUT2D eigenvalue weighted by Crippen LogP contribution is -2.28. The molecule has 20 heavy (non-hydrogen) atoms. The molecule has 1 aliphatic rings. The van der Waals surface area contributed by atoms with Gasteiger partial charge >= 0.3 is 0 Å². The molecule has 1 aromatic heterocycles. The summed E-state index contributed by atoms with van der Waals surface area (Å²) in [6.45, 7) is 4.33. The number of hydrogen-bond donors (Lipinski definition) is 1. The van der Waals surface area contributed by atoms with Gasteiger partial charge in [0.1, 0.15) is 5.82 Å². The topological polar surface area (TPSA) is 36.4 Å². The van der Waals surface area contributed by atoms with Crippen LogP contribution in [-0.4, -0.2) is 23.2 Å². The maximum atomic E-state index is 9.68. The first kappa shape index (κ1) is 13.4. The van der Waals surface area contributed by atoms with E-state index in [9.17, 15) is 5.11 Å². The van der Waals surface area contributed by atoms with Gasteiger partial charge < -0.3 is 10.0 Å². The molecule has 2 aromatic rings. The smallest absolute Gasteiger partial charge is 0.134 e. The average Bonchev–Trinajstić information content (AvgIpc) is 3.29. The third-order valence-electron chi connectivity index (χ3n) is 3.92. The number of pyridine rings is 1. The standard InChI is InChI=1S/C17H22N2O/c1-2-9-19(11-13-7-8-13)17-15(12-20)10-14-5-3-4-6-16(14)18-17/h3-6,10,13,20H,2,7-9,11-12H2,1H3. The first-order chi connectivity index (χ1) is 9.81. The molecule has 1 fully saturated rings. The van der Waals surface area contributed by atoms with E-state index in [0.717, 1.165) is 47.7 Å². The maximum absolute atomic E-state index is 9.68. The molecule has 1 aliphatic carbocycles. The lowest BCUT2D eigenvalue weighted by atomic mass is 10.1. The SMILES string of the molecule is CCCN(CC1CC1)c1nc2ccccc2cc1CO. The molecule has 0 unspecified atom stereocenters. The van der Waals surface area contributed by atoms with E-state index < -0.39 is 0 Å². The molecule has 0 amide bonds. The largest absolute Gasteiger partial charge is 0.392 e. The number of para-hydroxylation sites is 1. The molecule has 3 heteroatoms. The Morgan fingerprint density at radius 3 is 2.80 bits per heavy atom. The van der Waals surface area contributed by atoms with Gasteiger partial charge in [-0.1, -0.05) is 25.1 Å². The van der Waals surface area contributed by atoms with E-state index in [1.165, 1.54) is 12.8 Å². The summed E-state index contributed by atoms with van der Waals surface area (Å²) in [4.78, 5) is 7.17. The van der Waals surface area contributed by atoms with E-state index in [1.54, 1.807) is 0 Å². The minimum Gasteiger partial charge on any atom is -0.392 e. The van der Waals surface area contributed by atoms with E-state index in [1.807, 2.05) is 18.2 Å². The summed E-state index contributed by atoms with van der Waals surface area (Å²) in [6.07, 6.45) is 3.77. The summed E-state index contributed by atoms with van der Waals surface area (Å²) in [6, 6.07) is 10.2. The highest BCUT2D eigenvalue weighted by Gasteiger charge is 2.25. The van der Waals surface area contributed by atoms with E-state index in [4.69, 9.17) is 4.98 Å². The monoisotopic (exact) mass is 270 g/mol. The molecule has 0 spiro atoms.